The summed E-state index contributed by atoms with van der Waals surface area (Å²) in [6, 6.07) is 9.76. The molecule has 0 aliphatic carbocycles. The topological polar surface area (TPSA) is 66.5 Å². The van der Waals surface area contributed by atoms with Crippen LogP contribution in [0.1, 0.15) is 29.8 Å². The fraction of sp³-hybridized carbons (Fsp3) is 0.400. The van der Waals surface area contributed by atoms with Crippen molar-refractivity contribution in [2.75, 3.05) is 43.6 Å². The van der Waals surface area contributed by atoms with Crippen LogP contribution in [0.4, 0.5) is 17.2 Å². The molecule has 140 valence electrons. The molecule has 2 aromatic rings. The lowest BCUT2D eigenvalue weighted by Gasteiger charge is -2.22. The first-order chi connectivity index (χ1) is 12.6. The van der Waals surface area contributed by atoms with Gasteiger partial charge in [0.1, 0.15) is 5.82 Å². The number of aryl methyl sites for hydroxylation is 1. The minimum absolute atomic E-state index is 0.138. The van der Waals surface area contributed by atoms with Gasteiger partial charge in [-0.1, -0.05) is 0 Å². The molecule has 0 saturated heterocycles. The lowest BCUT2D eigenvalue weighted by Crippen LogP contribution is -2.27. The van der Waals surface area contributed by atoms with Gasteiger partial charge in [-0.25, -0.2) is 4.98 Å². The third-order valence-corrected chi connectivity index (χ3v) is 4.22. The van der Waals surface area contributed by atoms with Gasteiger partial charge in [-0.2, -0.15) is 0 Å². The van der Waals surface area contributed by atoms with Crippen molar-refractivity contribution < 1.29 is 9.53 Å². The number of carbonyl (C=O) groups is 1. The number of benzene rings is 1. The number of nitrogens with zero attached hydrogens (tertiary/aromatic N) is 2. The maximum absolute atomic E-state index is 12.1. The van der Waals surface area contributed by atoms with Crippen molar-refractivity contribution in [2.24, 2.45) is 0 Å². The first-order valence-corrected chi connectivity index (χ1v) is 8.94. The summed E-state index contributed by atoms with van der Waals surface area (Å²) in [6.45, 7) is 9.29. The molecule has 2 rings (SSSR count). The van der Waals surface area contributed by atoms with Crippen LogP contribution in [0.2, 0.25) is 0 Å². The molecule has 6 nitrogen and oxygen atoms in total. The van der Waals surface area contributed by atoms with Gasteiger partial charge >= 0.3 is 0 Å². The molecule has 0 fully saturated rings. The van der Waals surface area contributed by atoms with Crippen LogP contribution in [0.25, 0.3) is 0 Å². The van der Waals surface area contributed by atoms with Gasteiger partial charge in [0.15, 0.2) is 0 Å². The van der Waals surface area contributed by atoms with E-state index in [1.165, 1.54) is 5.69 Å². The second-order valence-electron chi connectivity index (χ2n) is 5.97. The molecule has 1 aromatic heterocycles. The van der Waals surface area contributed by atoms with Crippen LogP contribution in [-0.2, 0) is 4.74 Å². The smallest absolute Gasteiger partial charge is 0.251 e. The first kappa shape index (κ1) is 19.7. The highest BCUT2D eigenvalue weighted by atomic mass is 16.5. The highest BCUT2D eigenvalue weighted by Crippen LogP contribution is 2.25. The average Bonchev–Trinajstić information content (AvgIpc) is 2.65. The monoisotopic (exact) mass is 356 g/mol. The van der Waals surface area contributed by atoms with Crippen molar-refractivity contribution in [2.45, 2.75) is 20.8 Å². The molecule has 0 aliphatic heterocycles. The molecule has 2 N–H and O–H groups in total. The SMILES string of the molecule is CCN(CC)c1ccc(Nc2cc(C(=O)NCCOC)ccn2)c(C)c1. The third kappa shape index (κ3) is 5.20. The summed E-state index contributed by atoms with van der Waals surface area (Å²) in [5.41, 5.74) is 3.88. The van der Waals surface area contributed by atoms with E-state index in [4.69, 9.17) is 4.74 Å². The Labute approximate surface area is 155 Å². The van der Waals surface area contributed by atoms with Crippen LogP contribution < -0.4 is 15.5 Å². The predicted octanol–water partition coefficient (Wildman–Crippen LogP) is 3.36. The van der Waals surface area contributed by atoms with E-state index in [1.54, 1.807) is 25.4 Å². The molecule has 1 amide bonds. The number of methoxy groups -OCH3 is 1. The maximum Gasteiger partial charge on any atom is 0.251 e. The Morgan fingerprint density at radius 1 is 1.19 bits per heavy atom. The van der Waals surface area contributed by atoms with Gasteiger partial charge in [0.2, 0.25) is 0 Å². The number of nitrogens with one attached hydrogen (secondary N) is 2. The molecule has 0 spiro atoms. The van der Waals surface area contributed by atoms with E-state index >= 15 is 0 Å². The zero-order valence-electron chi connectivity index (χ0n) is 16.0. The summed E-state index contributed by atoms with van der Waals surface area (Å²) in [5.74, 6) is 0.504. The average molecular weight is 356 g/mol. The Morgan fingerprint density at radius 3 is 2.62 bits per heavy atom. The van der Waals surface area contributed by atoms with Crippen molar-refractivity contribution in [3.8, 4) is 0 Å². The normalized spacial score (nSPS) is 10.5. The van der Waals surface area contributed by atoms with Crippen LogP contribution >= 0.6 is 0 Å². The molecule has 0 bridgehead atoms. The second kappa shape index (κ2) is 9.77. The van der Waals surface area contributed by atoms with Crippen molar-refractivity contribution in [3.05, 3.63) is 47.7 Å². The molecule has 26 heavy (non-hydrogen) atoms. The number of pyridine rings is 1. The summed E-state index contributed by atoms with van der Waals surface area (Å²) in [6.07, 6.45) is 1.63. The maximum atomic E-state index is 12.1. The van der Waals surface area contributed by atoms with Gasteiger partial charge < -0.3 is 20.3 Å². The summed E-state index contributed by atoms with van der Waals surface area (Å²) in [4.78, 5) is 18.8. The molecule has 0 aliphatic rings. The number of aromatic nitrogens is 1. The number of anilines is 3. The van der Waals surface area contributed by atoms with Crippen LogP contribution in [0.3, 0.4) is 0 Å². The number of hydrogen-bond acceptors (Lipinski definition) is 5. The highest BCUT2D eigenvalue weighted by Gasteiger charge is 2.09. The third-order valence-electron chi connectivity index (χ3n) is 4.22. The number of rotatable bonds is 9. The number of hydrogen-bond donors (Lipinski definition) is 2. The van der Waals surface area contributed by atoms with Crippen LogP contribution in [0, 0.1) is 6.92 Å². The summed E-state index contributed by atoms with van der Waals surface area (Å²) >= 11 is 0. The van der Waals surface area contributed by atoms with E-state index in [2.05, 4.69) is 59.5 Å². The molecule has 6 heteroatoms. The highest BCUT2D eigenvalue weighted by molar-refractivity contribution is 5.94. The molecule has 1 aromatic carbocycles. The minimum atomic E-state index is -0.138. The molecule has 0 radical (unpaired) electrons. The van der Waals surface area contributed by atoms with Gasteiger partial charge in [-0.05, 0) is 56.7 Å². The quantitative estimate of drug-likeness (QED) is 0.675. The molecular formula is C20H28N4O2. The van der Waals surface area contributed by atoms with Gasteiger partial charge in [-0.3, -0.25) is 4.79 Å². The van der Waals surface area contributed by atoms with Crippen LogP contribution in [0.5, 0.6) is 0 Å². The van der Waals surface area contributed by atoms with Crippen LogP contribution in [0.15, 0.2) is 36.5 Å². The molecule has 0 unspecified atom stereocenters. The summed E-state index contributed by atoms with van der Waals surface area (Å²) in [5, 5.41) is 6.11. The molecular weight excluding hydrogens is 328 g/mol. The largest absolute Gasteiger partial charge is 0.383 e. The first-order valence-electron chi connectivity index (χ1n) is 8.94. The standard InChI is InChI=1S/C20H28N4O2/c1-5-24(6-2)17-7-8-18(15(3)13-17)23-19-14-16(9-10-21-19)20(25)22-11-12-26-4/h7-10,13-14H,5-6,11-12H2,1-4H3,(H,21,23)(H,22,25). The lowest BCUT2D eigenvalue weighted by molar-refractivity contribution is 0.0937. The van der Waals surface area contributed by atoms with Crippen molar-refractivity contribution >= 4 is 23.1 Å². The Balaban J connectivity index is 2.11. The Hall–Kier alpha value is -2.60. The van der Waals surface area contributed by atoms with E-state index < -0.39 is 0 Å². The molecule has 0 atom stereocenters. The van der Waals surface area contributed by atoms with E-state index in [0.29, 0.717) is 24.5 Å². The van der Waals surface area contributed by atoms with Crippen molar-refractivity contribution in [3.63, 3.8) is 0 Å². The van der Waals surface area contributed by atoms with E-state index in [-0.39, 0.29) is 5.91 Å². The van der Waals surface area contributed by atoms with Gasteiger partial charge in [0.05, 0.1) is 6.61 Å². The lowest BCUT2D eigenvalue weighted by atomic mass is 10.1. The molecule has 0 saturated carbocycles. The van der Waals surface area contributed by atoms with Crippen LogP contribution in [-0.4, -0.2) is 44.2 Å². The van der Waals surface area contributed by atoms with Gasteiger partial charge in [0.25, 0.3) is 5.91 Å². The Kier molecular flexibility index (Phi) is 7.41. The zero-order valence-corrected chi connectivity index (χ0v) is 16.0. The predicted molar refractivity (Wildman–Crippen MR) is 106 cm³/mol. The van der Waals surface area contributed by atoms with Gasteiger partial charge in [0, 0.05) is 49.9 Å². The number of ether oxygens (including phenoxy) is 1. The fourth-order valence-corrected chi connectivity index (χ4v) is 2.72. The van der Waals surface area contributed by atoms with Crippen molar-refractivity contribution in [1.29, 1.82) is 0 Å². The number of carbonyl (C=O) groups excluding carboxylic acids is 1. The molecule has 1 heterocycles. The zero-order chi connectivity index (χ0) is 18.9. The Bertz CT molecular complexity index is 730. The second-order valence-corrected chi connectivity index (χ2v) is 5.97. The van der Waals surface area contributed by atoms with E-state index in [0.717, 1.165) is 24.3 Å². The summed E-state index contributed by atoms with van der Waals surface area (Å²) in [7, 11) is 1.61. The Morgan fingerprint density at radius 2 is 1.96 bits per heavy atom. The van der Waals surface area contributed by atoms with Gasteiger partial charge in [-0.15, -0.1) is 0 Å². The minimum Gasteiger partial charge on any atom is -0.383 e. The number of amides is 1. The van der Waals surface area contributed by atoms with Crippen molar-refractivity contribution in [1.82, 2.24) is 10.3 Å². The fourth-order valence-electron chi connectivity index (χ4n) is 2.72. The van der Waals surface area contributed by atoms with E-state index in [9.17, 15) is 4.79 Å². The van der Waals surface area contributed by atoms with E-state index in [1.807, 2.05) is 0 Å². The summed E-state index contributed by atoms with van der Waals surface area (Å²) < 4.78 is 4.94.